The molecule has 0 N–H and O–H groups in total. The van der Waals surface area contributed by atoms with Crippen molar-refractivity contribution in [1.29, 1.82) is 0 Å². The van der Waals surface area contributed by atoms with Crippen molar-refractivity contribution < 1.29 is 9.53 Å². The lowest BCUT2D eigenvalue weighted by atomic mass is 9.78. The van der Waals surface area contributed by atoms with Gasteiger partial charge in [0.05, 0.1) is 6.61 Å². The molecule has 2 unspecified atom stereocenters. The van der Waals surface area contributed by atoms with Gasteiger partial charge >= 0.3 is 0 Å². The van der Waals surface area contributed by atoms with Gasteiger partial charge in [-0.3, -0.25) is 4.79 Å². The fraction of sp³-hybridized carbons (Fsp3) is 0.611. The molecule has 1 aliphatic carbocycles. The van der Waals surface area contributed by atoms with Crippen LogP contribution in [0.2, 0.25) is 0 Å². The summed E-state index contributed by atoms with van der Waals surface area (Å²) in [6.45, 7) is 5.14. The number of hydrogen-bond donors (Lipinski definition) is 0. The van der Waals surface area contributed by atoms with Crippen LogP contribution in [0.5, 0.6) is 5.75 Å². The van der Waals surface area contributed by atoms with E-state index in [0.717, 1.165) is 43.6 Å². The molecular formula is C18H26O2. The second-order valence-electron chi connectivity index (χ2n) is 6.03. The van der Waals surface area contributed by atoms with E-state index in [1.165, 1.54) is 12.8 Å². The standard InChI is InChI=1S/C18H26O2/c1-3-4-5-12-20-16-9-7-15(8-10-16)17-11-6-14(2)13-18(17)19/h7-10,14,17H,3-6,11-13H2,1-2H3. The number of benzene rings is 1. The molecule has 2 rings (SSSR count). The summed E-state index contributed by atoms with van der Waals surface area (Å²) >= 11 is 0. The Balaban J connectivity index is 1.89. The van der Waals surface area contributed by atoms with E-state index in [-0.39, 0.29) is 5.92 Å². The van der Waals surface area contributed by atoms with Crippen LogP contribution in [0.15, 0.2) is 24.3 Å². The Morgan fingerprint density at radius 2 is 1.90 bits per heavy atom. The number of carbonyl (C=O) groups excluding carboxylic acids is 1. The third-order valence-corrected chi connectivity index (χ3v) is 4.19. The van der Waals surface area contributed by atoms with E-state index in [9.17, 15) is 4.79 Å². The smallest absolute Gasteiger partial charge is 0.140 e. The van der Waals surface area contributed by atoms with Crippen LogP contribution in [0.25, 0.3) is 0 Å². The maximum atomic E-state index is 12.1. The summed E-state index contributed by atoms with van der Waals surface area (Å²) in [7, 11) is 0. The summed E-state index contributed by atoms with van der Waals surface area (Å²) in [6, 6.07) is 8.14. The van der Waals surface area contributed by atoms with E-state index in [1.54, 1.807) is 0 Å². The maximum absolute atomic E-state index is 12.1. The van der Waals surface area contributed by atoms with E-state index < -0.39 is 0 Å². The normalized spacial score (nSPS) is 22.8. The van der Waals surface area contributed by atoms with Gasteiger partial charge in [-0.2, -0.15) is 0 Å². The molecule has 20 heavy (non-hydrogen) atoms. The lowest BCUT2D eigenvalue weighted by molar-refractivity contribution is -0.123. The van der Waals surface area contributed by atoms with Crippen molar-refractivity contribution in [1.82, 2.24) is 0 Å². The molecule has 1 aromatic rings. The van der Waals surface area contributed by atoms with Gasteiger partial charge in [-0.1, -0.05) is 38.8 Å². The van der Waals surface area contributed by atoms with Gasteiger partial charge in [-0.05, 0) is 42.9 Å². The zero-order chi connectivity index (χ0) is 14.4. The minimum Gasteiger partial charge on any atom is -0.494 e. The molecule has 1 aliphatic rings. The van der Waals surface area contributed by atoms with Gasteiger partial charge in [0.2, 0.25) is 0 Å². The minimum absolute atomic E-state index is 0.111. The first-order valence-electron chi connectivity index (χ1n) is 7.96. The highest BCUT2D eigenvalue weighted by Crippen LogP contribution is 2.33. The highest BCUT2D eigenvalue weighted by Gasteiger charge is 2.27. The summed E-state index contributed by atoms with van der Waals surface area (Å²) in [5.74, 6) is 1.99. The topological polar surface area (TPSA) is 26.3 Å². The summed E-state index contributed by atoms with van der Waals surface area (Å²) < 4.78 is 5.71. The van der Waals surface area contributed by atoms with E-state index in [2.05, 4.69) is 26.0 Å². The number of hydrogen-bond acceptors (Lipinski definition) is 2. The van der Waals surface area contributed by atoms with Gasteiger partial charge in [0.15, 0.2) is 0 Å². The molecule has 0 aliphatic heterocycles. The molecule has 2 heteroatoms. The number of carbonyl (C=O) groups is 1. The quantitative estimate of drug-likeness (QED) is 0.701. The zero-order valence-electron chi connectivity index (χ0n) is 12.7. The Morgan fingerprint density at radius 1 is 1.15 bits per heavy atom. The fourth-order valence-electron chi connectivity index (χ4n) is 2.89. The van der Waals surface area contributed by atoms with E-state index in [4.69, 9.17) is 4.74 Å². The van der Waals surface area contributed by atoms with Crippen molar-refractivity contribution in [2.45, 2.75) is 58.3 Å². The predicted octanol–water partition coefficient (Wildman–Crippen LogP) is 4.73. The largest absolute Gasteiger partial charge is 0.494 e. The van der Waals surface area contributed by atoms with E-state index >= 15 is 0 Å². The molecule has 1 fully saturated rings. The molecule has 0 heterocycles. The Bertz CT molecular complexity index is 422. The maximum Gasteiger partial charge on any atom is 0.140 e. The van der Waals surface area contributed by atoms with E-state index in [0.29, 0.717) is 11.7 Å². The van der Waals surface area contributed by atoms with Gasteiger partial charge in [0.1, 0.15) is 11.5 Å². The van der Waals surface area contributed by atoms with Crippen molar-refractivity contribution in [2.75, 3.05) is 6.61 Å². The molecule has 0 saturated heterocycles. The molecular weight excluding hydrogens is 248 g/mol. The Hall–Kier alpha value is -1.31. The average Bonchev–Trinajstić information content (AvgIpc) is 2.45. The summed E-state index contributed by atoms with van der Waals surface area (Å²) in [6.07, 6.45) is 6.43. The molecule has 0 amide bonds. The minimum atomic E-state index is 0.111. The van der Waals surface area contributed by atoms with Crippen LogP contribution in [0.4, 0.5) is 0 Å². The van der Waals surface area contributed by atoms with Crippen LogP contribution < -0.4 is 4.74 Å². The Labute approximate surface area is 122 Å². The molecule has 0 spiro atoms. The molecule has 2 atom stereocenters. The van der Waals surface area contributed by atoms with Crippen LogP contribution in [0.3, 0.4) is 0 Å². The van der Waals surface area contributed by atoms with Gasteiger partial charge in [0.25, 0.3) is 0 Å². The fourth-order valence-corrected chi connectivity index (χ4v) is 2.89. The molecule has 0 aromatic heterocycles. The van der Waals surface area contributed by atoms with Crippen molar-refractivity contribution in [3.8, 4) is 5.75 Å². The highest BCUT2D eigenvalue weighted by atomic mass is 16.5. The summed E-state index contributed by atoms with van der Waals surface area (Å²) in [5.41, 5.74) is 1.16. The van der Waals surface area contributed by atoms with Gasteiger partial charge in [0, 0.05) is 12.3 Å². The second kappa shape index (κ2) is 7.47. The summed E-state index contributed by atoms with van der Waals surface area (Å²) in [4.78, 5) is 12.1. The van der Waals surface area contributed by atoms with Crippen molar-refractivity contribution in [2.24, 2.45) is 5.92 Å². The Morgan fingerprint density at radius 3 is 2.55 bits per heavy atom. The monoisotopic (exact) mass is 274 g/mol. The van der Waals surface area contributed by atoms with Gasteiger partial charge < -0.3 is 4.74 Å². The van der Waals surface area contributed by atoms with Crippen molar-refractivity contribution in [3.05, 3.63) is 29.8 Å². The number of rotatable bonds is 6. The van der Waals surface area contributed by atoms with Crippen LogP contribution in [0.1, 0.15) is 63.9 Å². The second-order valence-corrected chi connectivity index (χ2v) is 6.03. The molecule has 110 valence electrons. The van der Waals surface area contributed by atoms with Crippen LogP contribution in [0, 0.1) is 5.92 Å². The lowest BCUT2D eigenvalue weighted by Gasteiger charge is -2.25. The number of ether oxygens (including phenoxy) is 1. The van der Waals surface area contributed by atoms with Gasteiger partial charge in [-0.25, -0.2) is 0 Å². The first kappa shape index (κ1) is 15.1. The number of ketones is 1. The first-order chi connectivity index (χ1) is 9.70. The lowest BCUT2D eigenvalue weighted by Crippen LogP contribution is -2.21. The third kappa shape index (κ3) is 4.09. The molecule has 2 nitrogen and oxygen atoms in total. The number of unbranched alkanes of at least 4 members (excludes halogenated alkanes) is 2. The van der Waals surface area contributed by atoms with E-state index in [1.807, 2.05) is 12.1 Å². The molecule has 0 radical (unpaired) electrons. The molecule has 1 saturated carbocycles. The van der Waals surface area contributed by atoms with Crippen LogP contribution in [-0.4, -0.2) is 12.4 Å². The Kier molecular flexibility index (Phi) is 5.63. The molecule has 1 aromatic carbocycles. The first-order valence-corrected chi connectivity index (χ1v) is 7.96. The summed E-state index contributed by atoms with van der Waals surface area (Å²) in [5, 5.41) is 0. The van der Waals surface area contributed by atoms with Crippen LogP contribution in [-0.2, 0) is 4.79 Å². The molecule has 0 bridgehead atoms. The SMILES string of the molecule is CCCCCOc1ccc(C2CCC(C)CC2=O)cc1. The van der Waals surface area contributed by atoms with Gasteiger partial charge in [-0.15, -0.1) is 0 Å². The number of Topliss-reactive ketones (excluding diaryl/α,β-unsaturated/α-hetero) is 1. The highest BCUT2D eigenvalue weighted by molar-refractivity contribution is 5.86. The van der Waals surface area contributed by atoms with Crippen LogP contribution >= 0.6 is 0 Å². The average molecular weight is 274 g/mol. The predicted molar refractivity (Wildman–Crippen MR) is 82.2 cm³/mol. The van der Waals surface area contributed by atoms with Crippen molar-refractivity contribution >= 4 is 5.78 Å². The third-order valence-electron chi connectivity index (χ3n) is 4.19. The van der Waals surface area contributed by atoms with Crippen molar-refractivity contribution in [3.63, 3.8) is 0 Å². The zero-order valence-corrected chi connectivity index (χ0v) is 12.7.